The number of para-hydroxylation sites is 1. The molecule has 1 fully saturated rings. The zero-order chi connectivity index (χ0) is 13.8. The number of likely N-dealkylation sites (tertiary alicyclic amines) is 1. The number of halogens is 1. The summed E-state index contributed by atoms with van der Waals surface area (Å²) in [5.41, 5.74) is 7.04. The van der Waals surface area contributed by atoms with Crippen molar-refractivity contribution in [2.24, 2.45) is 11.8 Å². The van der Waals surface area contributed by atoms with Crippen molar-refractivity contribution in [2.75, 3.05) is 18.8 Å². The Morgan fingerprint density at radius 1 is 1.32 bits per heavy atom. The maximum absolute atomic E-state index is 13.4. The highest BCUT2D eigenvalue weighted by atomic mass is 19.1. The largest absolute Gasteiger partial charge is 0.396 e. The van der Waals surface area contributed by atoms with Gasteiger partial charge in [-0.05, 0) is 55.8 Å². The van der Waals surface area contributed by atoms with Crippen LogP contribution < -0.4 is 5.73 Å². The van der Waals surface area contributed by atoms with E-state index in [0.29, 0.717) is 5.69 Å². The molecule has 1 aliphatic rings. The van der Waals surface area contributed by atoms with Crippen molar-refractivity contribution in [2.45, 2.75) is 39.7 Å². The molecule has 1 saturated heterocycles. The fourth-order valence-corrected chi connectivity index (χ4v) is 2.97. The minimum absolute atomic E-state index is 0.299. The van der Waals surface area contributed by atoms with E-state index in [1.807, 2.05) is 6.07 Å². The summed E-state index contributed by atoms with van der Waals surface area (Å²) in [6, 6.07) is 5.11. The molecule has 3 heteroatoms. The van der Waals surface area contributed by atoms with E-state index in [9.17, 15) is 4.39 Å². The van der Waals surface area contributed by atoms with E-state index in [0.717, 1.165) is 37.0 Å². The highest BCUT2D eigenvalue weighted by Gasteiger charge is 2.20. The van der Waals surface area contributed by atoms with Crippen LogP contribution in [-0.2, 0) is 6.54 Å². The van der Waals surface area contributed by atoms with Crippen LogP contribution in [0.3, 0.4) is 0 Å². The summed E-state index contributed by atoms with van der Waals surface area (Å²) in [7, 11) is 0. The van der Waals surface area contributed by atoms with Gasteiger partial charge in [-0.1, -0.05) is 26.0 Å². The van der Waals surface area contributed by atoms with Gasteiger partial charge in [0.15, 0.2) is 0 Å². The maximum Gasteiger partial charge on any atom is 0.146 e. The van der Waals surface area contributed by atoms with Crippen LogP contribution in [0.1, 0.15) is 38.7 Å². The molecule has 0 radical (unpaired) electrons. The minimum Gasteiger partial charge on any atom is -0.396 e. The van der Waals surface area contributed by atoms with Crippen LogP contribution in [0.5, 0.6) is 0 Å². The van der Waals surface area contributed by atoms with E-state index in [1.165, 1.54) is 25.3 Å². The van der Waals surface area contributed by atoms with E-state index in [1.54, 1.807) is 6.07 Å². The quantitative estimate of drug-likeness (QED) is 0.844. The molecule has 1 aromatic carbocycles. The first-order valence-electron chi connectivity index (χ1n) is 7.33. The number of nitrogens with zero attached hydrogens (tertiary/aromatic N) is 1. The topological polar surface area (TPSA) is 29.3 Å². The highest BCUT2D eigenvalue weighted by Crippen LogP contribution is 2.26. The first-order chi connectivity index (χ1) is 9.08. The van der Waals surface area contributed by atoms with Crippen molar-refractivity contribution in [1.29, 1.82) is 0 Å². The van der Waals surface area contributed by atoms with Crippen molar-refractivity contribution in [3.63, 3.8) is 0 Å². The van der Waals surface area contributed by atoms with Crippen LogP contribution in [0, 0.1) is 17.7 Å². The van der Waals surface area contributed by atoms with Gasteiger partial charge < -0.3 is 5.73 Å². The number of hydrogen-bond donors (Lipinski definition) is 1. The van der Waals surface area contributed by atoms with Gasteiger partial charge in [0.1, 0.15) is 5.82 Å². The summed E-state index contributed by atoms with van der Waals surface area (Å²) in [5, 5.41) is 0. The molecule has 0 aromatic heterocycles. The second-order valence-corrected chi connectivity index (χ2v) is 6.02. The smallest absolute Gasteiger partial charge is 0.146 e. The molecule has 1 heterocycles. The summed E-state index contributed by atoms with van der Waals surface area (Å²) in [6.07, 6.45) is 3.79. The zero-order valence-electron chi connectivity index (χ0n) is 12.0. The molecule has 1 atom stereocenters. The molecule has 2 nitrogen and oxygen atoms in total. The molecule has 0 spiro atoms. The Labute approximate surface area is 115 Å². The molecule has 1 unspecified atom stereocenters. The molecule has 0 bridgehead atoms. The second-order valence-electron chi connectivity index (χ2n) is 6.02. The SMILES string of the molecule is CC(C)C1CCCN(Cc2cccc(F)c2N)CC1. The zero-order valence-corrected chi connectivity index (χ0v) is 12.0. The molecule has 19 heavy (non-hydrogen) atoms. The second kappa shape index (κ2) is 6.38. The number of benzene rings is 1. The van der Waals surface area contributed by atoms with E-state index in [-0.39, 0.29) is 5.82 Å². The summed E-state index contributed by atoms with van der Waals surface area (Å²) < 4.78 is 13.4. The summed E-state index contributed by atoms with van der Waals surface area (Å²) in [6.45, 7) is 7.59. The fraction of sp³-hybridized carbons (Fsp3) is 0.625. The highest BCUT2D eigenvalue weighted by molar-refractivity contribution is 5.47. The first-order valence-corrected chi connectivity index (χ1v) is 7.33. The Morgan fingerprint density at radius 2 is 2.11 bits per heavy atom. The average Bonchev–Trinajstić information content (AvgIpc) is 2.60. The number of nitrogens with two attached hydrogens (primary N) is 1. The first kappa shape index (κ1) is 14.3. The van der Waals surface area contributed by atoms with Gasteiger partial charge in [0.25, 0.3) is 0 Å². The number of hydrogen-bond acceptors (Lipinski definition) is 2. The standard InChI is InChI=1S/C16H25FN2/c1-12(2)13-6-4-9-19(10-8-13)11-14-5-3-7-15(17)16(14)18/h3,5,7,12-13H,4,6,8-11,18H2,1-2H3. The van der Waals surface area contributed by atoms with Crippen LogP contribution in [0.4, 0.5) is 10.1 Å². The summed E-state index contributed by atoms with van der Waals surface area (Å²) in [5.74, 6) is 1.29. The van der Waals surface area contributed by atoms with Crippen LogP contribution >= 0.6 is 0 Å². The molecule has 0 aliphatic carbocycles. The van der Waals surface area contributed by atoms with Gasteiger partial charge in [-0.25, -0.2) is 4.39 Å². The Morgan fingerprint density at radius 3 is 2.84 bits per heavy atom. The van der Waals surface area contributed by atoms with Gasteiger partial charge in [-0.15, -0.1) is 0 Å². The minimum atomic E-state index is -0.299. The number of nitrogen functional groups attached to an aromatic ring is 1. The Kier molecular flexibility index (Phi) is 4.81. The molecular weight excluding hydrogens is 239 g/mol. The predicted molar refractivity (Wildman–Crippen MR) is 78.3 cm³/mol. The lowest BCUT2D eigenvalue weighted by molar-refractivity contribution is 0.265. The van der Waals surface area contributed by atoms with Crippen molar-refractivity contribution in [1.82, 2.24) is 4.90 Å². The number of anilines is 1. The van der Waals surface area contributed by atoms with Gasteiger partial charge >= 0.3 is 0 Å². The maximum atomic E-state index is 13.4. The summed E-state index contributed by atoms with van der Waals surface area (Å²) in [4.78, 5) is 2.41. The van der Waals surface area contributed by atoms with Crippen molar-refractivity contribution < 1.29 is 4.39 Å². The van der Waals surface area contributed by atoms with Gasteiger partial charge in [-0.3, -0.25) is 4.90 Å². The van der Waals surface area contributed by atoms with Gasteiger partial charge in [0.05, 0.1) is 5.69 Å². The van der Waals surface area contributed by atoms with E-state index in [2.05, 4.69) is 18.7 Å². The molecule has 2 N–H and O–H groups in total. The van der Waals surface area contributed by atoms with Gasteiger partial charge in [-0.2, -0.15) is 0 Å². The average molecular weight is 264 g/mol. The molecule has 2 rings (SSSR count). The third-order valence-corrected chi connectivity index (χ3v) is 4.35. The van der Waals surface area contributed by atoms with Crippen molar-refractivity contribution in [3.05, 3.63) is 29.6 Å². The van der Waals surface area contributed by atoms with E-state index >= 15 is 0 Å². The molecule has 0 saturated carbocycles. The van der Waals surface area contributed by atoms with Gasteiger partial charge in [0, 0.05) is 6.54 Å². The molecule has 1 aromatic rings. The van der Waals surface area contributed by atoms with Crippen molar-refractivity contribution >= 4 is 5.69 Å². The Hall–Kier alpha value is -1.09. The van der Waals surface area contributed by atoms with Gasteiger partial charge in [0.2, 0.25) is 0 Å². The monoisotopic (exact) mass is 264 g/mol. The third-order valence-electron chi connectivity index (χ3n) is 4.35. The van der Waals surface area contributed by atoms with Crippen LogP contribution in [-0.4, -0.2) is 18.0 Å². The lowest BCUT2D eigenvalue weighted by Crippen LogP contribution is -2.25. The van der Waals surface area contributed by atoms with E-state index in [4.69, 9.17) is 5.73 Å². The number of rotatable bonds is 3. The normalized spacial score (nSPS) is 21.6. The Bertz CT molecular complexity index is 417. The lowest BCUT2D eigenvalue weighted by atomic mass is 9.89. The molecular formula is C16H25FN2. The van der Waals surface area contributed by atoms with Crippen molar-refractivity contribution in [3.8, 4) is 0 Å². The van der Waals surface area contributed by atoms with Crippen LogP contribution in [0.25, 0.3) is 0 Å². The fourth-order valence-electron chi connectivity index (χ4n) is 2.97. The van der Waals surface area contributed by atoms with E-state index < -0.39 is 0 Å². The molecule has 0 amide bonds. The Balaban J connectivity index is 1.98. The molecule has 106 valence electrons. The predicted octanol–water partition coefficient (Wildman–Crippen LogP) is 3.67. The molecule has 1 aliphatic heterocycles. The lowest BCUT2D eigenvalue weighted by Gasteiger charge is -2.22. The summed E-state index contributed by atoms with van der Waals surface area (Å²) >= 11 is 0. The van der Waals surface area contributed by atoms with Crippen LogP contribution in [0.2, 0.25) is 0 Å². The third kappa shape index (κ3) is 3.69. The van der Waals surface area contributed by atoms with Crippen LogP contribution in [0.15, 0.2) is 18.2 Å².